The third-order valence-electron chi connectivity index (χ3n) is 5.24. The maximum Gasteiger partial charge on any atom is 0.269 e. The molecule has 142 valence electrons. The summed E-state index contributed by atoms with van der Waals surface area (Å²) in [5, 5.41) is 21.5. The van der Waals surface area contributed by atoms with Crippen molar-refractivity contribution in [3.63, 3.8) is 0 Å². The number of likely N-dealkylation sites (tertiary alicyclic amines) is 1. The van der Waals surface area contributed by atoms with Crippen LogP contribution in [0.4, 0.5) is 5.69 Å². The highest BCUT2D eigenvalue weighted by molar-refractivity contribution is 5.96. The van der Waals surface area contributed by atoms with E-state index in [2.05, 4.69) is 4.90 Å². The fourth-order valence-electron chi connectivity index (χ4n) is 3.47. The van der Waals surface area contributed by atoms with Crippen LogP contribution < -0.4 is 0 Å². The molecule has 1 N–H and O–H groups in total. The first-order valence-corrected chi connectivity index (χ1v) is 9.21. The molecule has 0 saturated carbocycles. The van der Waals surface area contributed by atoms with E-state index in [0.717, 1.165) is 31.6 Å². The summed E-state index contributed by atoms with van der Waals surface area (Å²) < 4.78 is 0. The van der Waals surface area contributed by atoms with Crippen LogP contribution >= 0.6 is 0 Å². The number of hydrogen-bond acceptors (Lipinski definition) is 5. The maximum atomic E-state index is 12.4. The molecule has 2 aromatic rings. The average molecular weight is 368 g/mol. The molecule has 6 heteroatoms. The van der Waals surface area contributed by atoms with Gasteiger partial charge in [-0.05, 0) is 24.8 Å². The van der Waals surface area contributed by atoms with Gasteiger partial charge in [-0.15, -0.1) is 0 Å². The Bertz CT molecular complexity index is 782. The highest BCUT2D eigenvalue weighted by Gasteiger charge is 2.34. The van der Waals surface area contributed by atoms with E-state index in [1.165, 1.54) is 12.1 Å². The van der Waals surface area contributed by atoms with E-state index >= 15 is 0 Å². The summed E-state index contributed by atoms with van der Waals surface area (Å²) in [6.45, 7) is 2.32. The van der Waals surface area contributed by atoms with Crippen LogP contribution in [0, 0.1) is 10.1 Å². The topological polar surface area (TPSA) is 83.7 Å². The summed E-state index contributed by atoms with van der Waals surface area (Å²) in [6, 6.07) is 15.7. The Morgan fingerprint density at radius 2 is 1.70 bits per heavy atom. The molecule has 0 atom stereocenters. The lowest BCUT2D eigenvalue weighted by Gasteiger charge is -2.38. The van der Waals surface area contributed by atoms with Crippen LogP contribution in [0.15, 0.2) is 54.6 Å². The van der Waals surface area contributed by atoms with E-state index in [1.807, 2.05) is 18.2 Å². The Morgan fingerprint density at radius 1 is 1.07 bits per heavy atom. The average Bonchev–Trinajstić information content (AvgIpc) is 2.68. The van der Waals surface area contributed by atoms with Crippen LogP contribution in [-0.4, -0.2) is 45.9 Å². The summed E-state index contributed by atoms with van der Waals surface area (Å²) in [7, 11) is 0. The van der Waals surface area contributed by atoms with Gasteiger partial charge in [0.15, 0.2) is 5.78 Å². The van der Waals surface area contributed by atoms with Crippen molar-refractivity contribution < 1.29 is 14.8 Å². The van der Waals surface area contributed by atoms with Gasteiger partial charge in [0.25, 0.3) is 5.69 Å². The van der Waals surface area contributed by atoms with E-state index in [0.29, 0.717) is 18.4 Å². The van der Waals surface area contributed by atoms with Gasteiger partial charge in [0.2, 0.25) is 0 Å². The zero-order valence-corrected chi connectivity index (χ0v) is 15.2. The molecule has 27 heavy (non-hydrogen) atoms. The van der Waals surface area contributed by atoms with Crippen molar-refractivity contribution in [2.75, 3.05) is 19.6 Å². The molecule has 6 nitrogen and oxygen atoms in total. The summed E-state index contributed by atoms with van der Waals surface area (Å²) in [5.74, 6) is -0.0163. The molecular weight excluding hydrogens is 344 g/mol. The number of nitrogens with zero attached hydrogens (tertiary/aromatic N) is 2. The lowest BCUT2D eigenvalue weighted by Crippen LogP contribution is -2.46. The number of aliphatic hydroxyl groups is 1. The molecule has 0 aromatic heterocycles. The molecule has 1 heterocycles. The molecule has 0 spiro atoms. The van der Waals surface area contributed by atoms with Gasteiger partial charge in [-0.1, -0.05) is 42.5 Å². The first-order chi connectivity index (χ1) is 13.0. The minimum Gasteiger partial charge on any atom is -0.389 e. The minimum atomic E-state index is -0.934. The molecule has 0 bridgehead atoms. The van der Waals surface area contributed by atoms with Crippen LogP contribution in [0.5, 0.6) is 0 Å². The lowest BCUT2D eigenvalue weighted by atomic mass is 9.85. The number of nitro groups is 1. The zero-order chi connectivity index (χ0) is 19.3. The summed E-state index contributed by atoms with van der Waals surface area (Å²) in [4.78, 5) is 24.9. The maximum absolute atomic E-state index is 12.4. The Balaban J connectivity index is 1.46. The molecule has 0 aliphatic carbocycles. The van der Waals surface area contributed by atoms with Gasteiger partial charge in [0, 0.05) is 43.8 Å². The number of carbonyl (C=O) groups is 1. The van der Waals surface area contributed by atoms with Gasteiger partial charge in [-0.2, -0.15) is 0 Å². The quantitative estimate of drug-likeness (QED) is 0.461. The molecule has 0 amide bonds. The number of Topliss-reactive ketones (excluding diaryl/α,β-unsaturated/α-hetero) is 1. The second kappa shape index (κ2) is 8.41. The second-order valence-corrected chi connectivity index (χ2v) is 7.21. The predicted molar refractivity (Wildman–Crippen MR) is 103 cm³/mol. The first kappa shape index (κ1) is 19.2. The Kier molecular flexibility index (Phi) is 5.98. The van der Waals surface area contributed by atoms with Gasteiger partial charge in [0.05, 0.1) is 10.5 Å². The summed E-state index contributed by atoms with van der Waals surface area (Å²) >= 11 is 0. The van der Waals surface area contributed by atoms with E-state index < -0.39 is 10.5 Å². The van der Waals surface area contributed by atoms with Crippen molar-refractivity contribution in [3.8, 4) is 0 Å². The number of hydrogen-bond donors (Lipinski definition) is 1. The molecule has 2 aromatic carbocycles. The number of ketones is 1. The summed E-state index contributed by atoms with van der Waals surface area (Å²) in [5.41, 5.74) is 0.869. The van der Waals surface area contributed by atoms with Crippen LogP contribution in [0.25, 0.3) is 0 Å². The van der Waals surface area contributed by atoms with Crippen molar-refractivity contribution in [1.29, 1.82) is 0 Å². The Morgan fingerprint density at radius 3 is 2.30 bits per heavy atom. The largest absolute Gasteiger partial charge is 0.389 e. The van der Waals surface area contributed by atoms with Crippen molar-refractivity contribution in [3.05, 3.63) is 75.8 Å². The van der Waals surface area contributed by atoms with E-state index in [4.69, 9.17) is 0 Å². The highest BCUT2D eigenvalue weighted by atomic mass is 16.6. The van der Waals surface area contributed by atoms with Crippen LogP contribution in [-0.2, 0) is 6.42 Å². The highest BCUT2D eigenvalue weighted by Crippen LogP contribution is 2.27. The predicted octanol–water partition coefficient (Wildman–Crippen LogP) is 3.24. The van der Waals surface area contributed by atoms with Gasteiger partial charge in [-0.25, -0.2) is 0 Å². The monoisotopic (exact) mass is 368 g/mol. The van der Waals surface area contributed by atoms with E-state index in [1.54, 1.807) is 24.3 Å². The van der Waals surface area contributed by atoms with Gasteiger partial charge in [0.1, 0.15) is 0 Å². The van der Waals surface area contributed by atoms with Crippen LogP contribution in [0.3, 0.4) is 0 Å². The molecule has 1 saturated heterocycles. The van der Waals surface area contributed by atoms with Crippen molar-refractivity contribution in [2.24, 2.45) is 0 Å². The van der Waals surface area contributed by atoms with Gasteiger partial charge >= 0.3 is 0 Å². The van der Waals surface area contributed by atoms with E-state index in [9.17, 15) is 20.0 Å². The molecule has 3 rings (SSSR count). The molecule has 1 fully saturated rings. The Labute approximate surface area is 158 Å². The second-order valence-electron chi connectivity index (χ2n) is 7.21. The molecule has 0 unspecified atom stereocenters. The van der Waals surface area contributed by atoms with Gasteiger partial charge in [-0.3, -0.25) is 14.9 Å². The van der Waals surface area contributed by atoms with Crippen molar-refractivity contribution in [2.45, 2.75) is 31.3 Å². The van der Waals surface area contributed by atoms with E-state index in [-0.39, 0.29) is 17.9 Å². The van der Waals surface area contributed by atoms with Gasteiger partial charge < -0.3 is 10.0 Å². The van der Waals surface area contributed by atoms with Crippen LogP contribution in [0.2, 0.25) is 0 Å². The summed E-state index contributed by atoms with van der Waals surface area (Å²) in [6.07, 6.45) is 2.12. The fourth-order valence-corrected chi connectivity index (χ4v) is 3.47. The van der Waals surface area contributed by atoms with Crippen molar-refractivity contribution in [1.82, 2.24) is 4.90 Å². The normalized spacial score (nSPS) is 16.8. The van der Waals surface area contributed by atoms with Crippen LogP contribution in [0.1, 0.15) is 35.2 Å². The number of rotatable bonds is 7. The SMILES string of the molecule is O=C(CC1(O)CCN(CCc2ccc([N+](=O)[O-])cc2)CC1)c1ccccc1. The lowest BCUT2D eigenvalue weighted by molar-refractivity contribution is -0.384. The molecule has 0 radical (unpaired) electrons. The standard InChI is InChI=1S/C21H24N2O4/c24-20(18-4-2-1-3-5-18)16-21(25)11-14-22(15-12-21)13-10-17-6-8-19(9-7-17)23(26)27/h1-9,25H,10-16H2. The number of benzene rings is 2. The third-order valence-corrected chi connectivity index (χ3v) is 5.24. The molecule has 1 aliphatic rings. The zero-order valence-electron chi connectivity index (χ0n) is 15.2. The first-order valence-electron chi connectivity index (χ1n) is 9.21. The Hall–Kier alpha value is -2.57. The smallest absolute Gasteiger partial charge is 0.269 e. The molecular formula is C21H24N2O4. The number of non-ortho nitro benzene ring substituents is 1. The minimum absolute atomic E-state index is 0.0163. The number of nitro benzene ring substituents is 1. The van der Waals surface area contributed by atoms with Crippen molar-refractivity contribution >= 4 is 11.5 Å². The third kappa shape index (κ3) is 5.21. The number of piperidine rings is 1. The number of carbonyl (C=O) groups excluding carboxylic acids is 1. The molecule has 1 aliphatic heterocycles. The fraction of sp³-hybridized carbons (Fsp3) is 0.381.